The number of nitrogens with one attached hydrogen (secondary N) is 1. The first-order valence-corrected chi connectivity index (χ1v) is 6.68. The third kappa shape index (κ3) is 2.03. The lowest BCUT2D eigenvalue weighted by Crippen LogP contribution is -2.12. The molecular weight excluding hydrogens is 224 g/mol. The minimum Gasteiger partial charge on any atom is -0.439 e. The maximum atomic E-state index is 5.85. The van der Waals surface area contributed by atoms with E-state index in [4.69, 9.17) is 4.42 Å². The minimum absolute atomic E-state index is 0.152. The highest BCUT2D eigenvalue weighted by Gasteiger charge is 2.22. The van der Waals surface area contributed by atoms with E-state index in [1.807, 2.05) is 6.07 Å². The third-order valence-corrected chi connectivity index (χ3v) is 3.63. The second-order valence-corrected chi connectivity index (χ2v) is 6.13. The van der Waals surface area contributed by atoms with Gasteiger partial charge in [0.2, 0.25) is 5.89 Å². The van der Waals surface area contributed by atoms with Gasteiger partial charge in [-0.05, 0) is 42.5 Å². The van der Waals surface area contributed by atoms with Crippen LogP contribution in [0.5, 0.6) is 0 Å². The average Bonchev–Trinajstić information content (AvgIpc) is 2.95. The van der Waals surface area contributed by atoms with Crippen molar-refractivity contribution < 1.29 is 4.42 Å². The molecule has 1 N–H and O–H groups in total. The summed E-state index contributed by atoms with van der Waals surface area (Å²) in [5, 5.41) is 3.42. The van der Waals surface area contributed by atoms with Crippen molar-refractivity contribution >= 4 is 11.1 Å². The second-order valence-electron chi connectivity index (χ2n) is 6.13. The lowest BCUT2D eigenvalue weighted by Gasteiger charge is -2.18. The van der Waals surface area contributed by atoms with Gasteiger partial charge in [0.25, 0.3) is 0 Å². The van der Waals surface area contributed by atoms with Crippen LogP contribution in [0.15, 0.2) is 22.6 Å². The zero-order chi connectivity index (χ0) is 12.8. The van der Waals surface area contributed by atoms with Gasteiger partial charge in [0.15, 0.2) is 5.58 Å². The lowest BCUT2D eigenvalue weighted by molar-refractivity contribution is 0.451. The number of oxazole rings is 1. The van der Waals surface area contributed by atoms with Gasteiger partial charge in [-0.25, -0.2) is 4.98 Å². The molecule has 96 valence electrons. The molecule has 1 fully saturated rings. The Labute approximate surface area is 108 Å². The number of rotatable bonds is 1. The summed E-state index contributed by atoms with van der Waals surface area (Å²) in [7, 11) is 0. The molecule has 3 rings (SSSR count). The standard InChI is InChI=1S/C15H20N2O/c1-15(2,3)10-6-7-13-12(9-10)17-14(18-13)11-5-4-8-16-11/h6-7,9,11,16H,4-5,8H2,1-3H3/t11-/m0/s1. The van der Waals surface area contributed by atoms with Crippen LogP contribution in [0.4, 0.5) is 0 Å². The van der Waals surface area contributed by atoms with E-state index in [0.29, 0.717) is 6.04 Å². The topological polar surface area (TPSA) is 38.1 Å². The van der Waals surface area contributed by atoms with Gasteiger partial charge in [0, 0.05) is 0 Å². The van der Waals surface area contributed by atoms with Crippen LogP contribution >= 0.6 is 0 Å². The quantitative estimate of drug-likeness (QED) is 0.833. The fourth-order valence-electron chi connectivity index (χ4n) is 2.46. The van der Waals surface area contributed by atoms with Crippen LogP contribution in [0.1, 0.15) is 51.1 Å². The Morgan fingerprint density at radius 1 is 1.33 bits per heavy atom. The molecule has 1 aliphatic heterocycles. The molecule has 0 spiro atoms. The number of fused-ring (bicyclic) bond motifs is 1. The van der Waals surface area contributed by atoms with Crippen molar-refractivity contribution in [2.45, 2.75) is 45.1 Å². The Morgan fingerprint density at radius 2 is 2.17 bits per heavy atom. The van der Waals surface area contributed by atoms with Gasteiger partial charge in [-0.15, -0.1) is 0 Å². The zero-order valence-electron chi connectivity index (χ0n) is 11.3. The molecule has 1 saturated heterocycles. The number of aromatic nitrogens is 1. The van der Waals surface area contributed by atoms with Crippen LogP contribution in [-0.4, -0.2) is 11.5 Å². The van der Waals surface area contributed by atoms with Gasteiger partial charge in [-0.2, -0.15) is 0 Å². The Bertz CT molecular complexity index is 559. The predicted octanol–water partition coefficient (Wildman–Crippen LogP) is 3.55. The van der Waals surface area contributed by atoms with E-state index in [0.717, 1.165) is 30.0 Å². The van der Waals surface area contributed by atoms with Crippen molar-refractivity contribution in [3.8, 4) is 0 Å². The van der Waals surface area contributed by atoms with Crippen LogP contribution in [0.25, 0.3) is 11.1 Å². The molecule has 0 amide bonds. The molecule has 1 atom stereocenters. The van der Waals surface area contributed by atoms with E-state index < -0.39 is 0 Å². The summed E-state index contributed by atoms with van der Waals surface area (Å²) >= 11 is 0. The summed E-state index contributed by atoms with van der Waals surface area (Å²) in [6, 6.07) is 6.63. The van der Waals surface area contributed by atoms with Gasteiger partial charge >= 0.3 is 0 Å². The van der Waals surface area contributed by atoms with Crippen molar-refractivity contribution in [3.63, 3.8) is 0 Å². The molecular formula is C15H20N2O. The highest BCUT2D eigenvalue weighted by Crippen LogP contribution is 2.29. The fraction of sp³-hybridized carbons (Fsp3) is 0.533. The first-order chi connectivity index (χ1) is 8.54. The molecule has 1 aliphatic rings. The molecule has 3 nitrogen and oxygen atoms in total. The molecule has 2 aromatic rings. The molecule has 0 unspecified atom stereocenters. The highest BCUT2D eigenvalue weighted by molar-refractivity contribution is 5.73. The highest BCUT2D eigenvalue weighted by atomic mass is 16.3. The third-order valence-electron chi connectivity index (χ3n) is 3.63. The summed E-state index contributed by atoms with van der Waals surface area (Å²) in [6.45, 7) is 7.71. The first kappa shape index (κ1) is 11.7. The van der Waals surface area contributed by atoms with Crippen LogP contribution in [0.3, 0.4) is 0 Å². The maximum absolute atomic E-state index is 5.85. The van der Waals surface area contributed by atoms with Gasteiger partial charge in [-0.1, -0.05) is 26.8 Å². The first-order valence-electron chi connectivity index (χ1n) is 6.68. The maximum Gasteiger partial charge on any atom is 0.212 e. The largest absolute Gasteiger partial charge is 0.439 e. The van der Waals surface area contributed by atoms with E-state index in [9.17, 15) is 0 Å². The lowest BCUT2D eigenvalue weighted by atomic mass is 9.87. The van der Waals surface area contributed by atoms with Crippen LogP contribution in [0, 0.1) is 0 Å². The summed E-state index contributed by atoms with van der Waals surface area (Å²) in [5.41, 5.74) is 3.32. The van der Waals surface area contributed by atoms with Crippen LogP contribution in [0.2, 0.25) is 0 Å². The molecule has 1 aromatic carbocycles. The summed E-state index contributed by atoms with van der Waals surface area (Å²) in [6.07, 6.45) is 2.33. The van der Waals surface area contributed by atoms with Gasteiger partial charge in [0.1, 0.15) is 5.52 Å². The molecule has 0 bridgehead atoms. The Hall–Kier alpha value is -1.35. The monoisotopic (exact) mass is 244 g/mol. The van der Waals surface area contributed by atoms with Gasteiger partial charge in [0.05, 0.1) is 6.04 Å². The molecule has 18 heavy (non-hydrogen) atoms. The number of nitrogens with zero attached hydrogens (tertiary/aromatic N) is 1. The van der Waals surface area contributed by atoms with Crippen molar-refractivity contribution in [3.05, 3.63) is 29.7 Å². The van der Waals surface area contributed by atoms with E-state index >= 15 is 0 Å². The van der Waals surface area contributed by atoms with Gasteiger partial charge < -0.3 is 9.73 Å². The van der Waals surface area contributed by atoms with Crippen molar-refractivity contribution in [2.24, 2.45) is 0 Å². The van der Waals surface area contributed by atoms with E-state index in [-0.39, 0.29) is 5.41 Å². The Morgan fingerprint density at radius 3 is 2.83 bits per heavy atom. The van der Waals surface area contributed by atoms with E-state index in [1.54, 1.807) is 0 Å². The smallest absolute Gasteiger partial charge is 0.212 e. The fourth-order valence-corrected chi connectivity index (χ4v) is 2.46. The van der Waals surface area contributed by atoms with Crippen molar-refractivity contribution in [1.82, 2.24) is 10.3 Å². The summed E-state index contributed by atoms with van der Waals surface area (Å²) < 4.78 is 5.85. The number of hydrogen-bond donors (Lipinski definition) is 1. The SMILES string of the molecule is CC(C)(C)c1ccc2oc([C@@H]3CCCN3)nc2c1. The molecule has 1 aromatic heterocycles. The molecule has 0 saturated carbocycles. The van der Waals surface area contributed by atoms with Crippen LogP contribution < -0.4 is 5.32 Å². The molecule has 0 radical (unpaired) electrons. The zero-order valence-corrected chi connectivity index (χ0v) is 11.3. The predicted molar refractivity (Wildman–Crippen MR) is 72.7 cm³/mol. The van der Waals surface area contributed by atoms with Crippen molar-refractivity contribution in [1.29, 1.82) is 0 Å². The summed E-state index contributed by atoms with van der Waals surface area (Å²) in [5.74, 6) is 0.841. The molecule has 2 heterocycles. The van der Waals surface area contributed by atoms with Crippen molar-refractivity contribution in [2.75, 3.05) is 6.54 Å². The Kier molecular flexibility index (Phi) is 2.67. The Balaban J connectivity index is 2.01. The normalized spacial score (nSPS) is 20.7. The van der Waals surface area contributed by atoms with Gasteiger partial charge in [-0.3, -0.25) is 0 Å². The average molecular weight is 244 g/mol. The second kappa shape index (κ2) is 4.09. The van der Waals surface area contributed by atoms with Crippen LogP contribution in [-0.2, 0) is 5.41 Å². The molecule has 0 aliphatic carbocycles. The number of hydrogen-bond acceptors (Lipinski definition) is 3. The number of benzene rings is 1. The van der Waals surface area contributed by atoms with E-state index in [2.05, 4.69) is 43.2 Å². The molecule has 3 heteroatoms. The minimum atomic E-state index is 0.152. The van der Waals surface area contributed by atoms with E-state index in [1.165, 1.54) is 12.0 Å². The summed E-state index contributed by atoms with van der Waals surface area (Å²) in [4.78, 5) is 4.64.